The van der Waals surface area contributed by atoms with Crippen LogP contribution < -0.4 is 4.74 Å². The van der Waals surface area contributed by atoms with Crippen molar-refractivity contribution in [2.24, 2.45) is 5.92 Å². The molecule has 94 valence electrons. The Hall–Kier alpha value is -1.88. The Morgan fingerprint density at radius 1 is 1.28 bits per heavy atom. The monoisotopic (exact) mass is 242 g/mol. The fourth-order valence-electron chi connectivity index (χ4n) is 2.12. The molecular weight excluding hydrogens is 224 g/mol. The number of hydrogen-bond acceptors (Lipinski definition) is 2. The summed E-state index contributed by atoms with van der Waals surface area (Å²) in [5, 5.41) is 9.19. The third kappa shape index (κ3) is 3.56. The first-order chi connectivity index (χ1) is 8.75. The number of aliphatic hydroxyl groups is 1. The lowest BCUT2D eigenvalue weighted by Gasteiger charge is -2.03. The van der Waals surface area contributed by atoms with Crippen LogP contribution in [0.2, 0.25) is 0 Å². The molecular formula is C16H18O2. The van der Waals surface area contributed by atoms with E-state index in [4.69, 9.17) is 4.74 Å². The number of hydrogen-bond donors (Lipinski definition) is 1. The fraction of sp³-hybridized carbons (Fsp3) is 0.375. The van der Waals surface area contributed by atoms with Gasteiger partial charge in [-0.1, -0.05) is 31.3 Å². The van der Waals surface area contributed by atoms with Gasteiger partial charge in [0, 0.05) is 11.5 Å². The molecule has 0 amide bonds. The average molecular weight is 242 g/mol. The summed E-state index contributed by atoms with van der Waals surface area (Å²) >= 11 is 0. The first kappa shape index (κ1) is 12.6. The Morgan fingerprint density at radius 2 is 1.94 bits per heavy atom. The lowest BCUT2D eigenvalue weighted by atomic mass is 10.1. The number of benzene rings is 1. The van der Waals surface area contributed by atoms with Crippen molar-refractivity contribution in [1.82, 2.24) is 0 Å². The maximum Gasteiger partial charge on any atom is 0.149 e. The van der Waals surface area contributed by atoms with Crippen molar-refractivity contribution in [3.8, 4) is 17.6 Å². The van der Waals surface area contributed by atoms with Crippen molar-refractivity contribution in [3.63, 3.8) is 0 Å². The summed E-state index contributed by atoms with van der Waals surface area (Å²) in [6.07, 6.45) is 5.10. The molecule has 1 aliphatic rings. The molecule has 1 N–H and O–H groups in total. The summed E-state index contributed by atoms with van der Waals surface area (Å²) in [5.74, 6) is 7.74. The van der Waals surface area contributed by atoms with Gasteiger partial charge >= 0.3 is 0 Å². The van der Waals surface area contributed by atoms with E-state index in [-0.39, 0.29) is 5.76 Å². The third-order valence-electron chi connectivity index (χ3n) is 3.16. The molecule has 1 aromatic carbocycles. The highest BCUT2D eigenvalue weighted by Crippen LogP contribution is 2.23. The minimum absolute atomic E-state index is 0.0718. The molecule has 0 unspecified atom stereocenters. The molecule has 0 aromatic heterocycles. The highest BCUT2D eigenvalue weighted by Gasteiger charge is 2.11. The SMILES string of the molecule is C=C(O)c1ccc(OCC#CC2CCCC2)cc1. The summed E-state index contributed by atoms with van der Waals surface area (Å²) in [6, 6.07) is 7.19. The highest BCUT2D eigenvalue weighted by molar-refractivity contribution is 5.56. The van der Waals surface area contributed by atoms with Crippen molar-refractivity contribution in [2.45, 2.75) is 25.7 Å². The summed E-state index contributed by atoms with van der Waals surface area (Å²) in [6.45, 7) is 3.89. The van der Waals surface area contributed by atoms with Gasteiger partial charge in [0.25, 0.3) is 0 Å². The van der Waals surface area contributed by atoms with Gasteiger partial charge in [0.2, 0.25) is 0 Å². The van der Waals surface area contributed by atoms with Crippen molar-refractivity contribution in [1.29, 1.82) is 0 Å². The van der Waals surface area contributed by atoms with E-state index in [0.29, 0.717) is 18.1 Å². The molecule has 1 aliphatic carbocycles. The van der Waals surface area contributed by atoms with E-state index >= 15 is 0 Å². The standard InChI is InChI=1S/C16H18O2/c1-13(17)15-8-10-16(11-9-15)18-12-4-7-14-5-2-3-6-14/h8-11,14,17H,1-3,5-6,12H2. The maximum atomic E-state index is 9.19. The molecule has 2 heteroatoms. The highest BCUT2D eigenvalue weighted by atomic mass is 16.5. The number of rotatable bonds is 3. The van der Waals surface area contributed by atoms with Crippen LogP contribution in [0, 0.1) is 17.8 Å². The molecule has 0 saturated heterocycles. The van der Waals surface area contributed by atoms with Gasteiger partial charge in [-0.2, -0.15) is 0 Å². The molecule has 0 aliphatic heterocycles. The minimum atomic E-state index is 0.0718. The Labute approximate surface area is 108 Å². The quantitative estimate of drug-likeness (QED) is 0.645. The predicted octanol–water partition coefficient (Wildman–Crippen LogP) is 3.79. The molecule has 1 saturated carbocycles. The van der Waals surface area contributed by atoms with E-state index in [2.05, 4.69) is 18.4 Å². The summed E-state index contributed by atoms with van der Waals surface area (Å²) in [7, 11) is 0. The van der Waals surface area contributed by atoms with Crippen LogP contribution in [-0.4, -0.2) is 11.7 Å². The van der Waals surface area contributed by atoms with Crippen molar-refractivity contribution in [3.05, 3.63) is 36.4 Å². The summed E-state index contributed by atoms with van der Waals surface area (Å²) < 4.78 is 5.52. The van der Waals surface area contributed by atoms with E-state index in [1.165, 1.54) is 25.7 Å². The fourth-order valence-corrected chi connectivity index (χ4v) is 2.12. The van der Waals surface area contributed by atoms with Crippen LogP contribution in [0.1, 0.15) is 31.2 Å². The molecule has 0 heterocycles. The predicted molar refractivity (Wildman–Crippen MR) is 73.3 cm³/mol. The van der Waals surface area contributed by atoms with Crippen molar-refractivity contribution in [2.75, 3.05) is 6.61 Å². The van der Waals surface area contributed by atoms with E-state index in [9.17, 15) is 5.11 Å². The van der Waals surface area contributed by atoms with Gasteiger partial charge in [-0.05, 0) is 37.1 Å². The Bertz CT molecular complexity index is 456. The lowest BCUT2D eigenvalue weighted by molar-refractivity contribution is 0.370. The second kappa shape index (κ2) is 6.16. The largest absolute Gasteiger partial charge is 0.508 e. The summed E-state index contributed by atoms with van der Waals surface area (Å²) in [4.78, 5) is 0. The summed E-state index contributed by atoms with van der Waals surface area (Å²) in [5.41, 5.74) is 0.708. The van der Waals surface area contributed by atoms with Crippen LogP contribution in [0.4, 0.5) is 0 Å². The zero-order chi connectivity index (χ0) is 12.8. The molecule has 0 atom stereocenters. The van der Waals surface area contributed by atoms with Gasteiger partial charge in [-0.15, -0.1) is 0 Å². The first-order valence-corrected chi connectivity index (χ1v) is 6.35. The maximum absolute atomic E-state index is 9.19. The Morgan fingerprint density at radius 3 is 2.56 bits per heavy atom. The molecule has 18 heavy (non-hydrogen) atoms. The van der Waals surface area contributed by atoms with Crippen LogP contribution in [0.3, 0.4) is 0 Å². The molecule has 1 fully saturated rings. The lowest BCUT2D eigenvalue weighted by Crippen LogP contribution is -1.95. The van der Waals surface area contributed by atoms with Gasteiger partial charge < -0.3 is 9.84 Å². The van der Waals surface area contributed by atoms with E-state index < -0.39 is 0 Å². The van der Waals surface area contributed by atoms with Crippen LogP contribution in [0.15, 0.2) is 30.8 Å². The smallest absolute Gasteiger partial charge is 0.149 e. The average Bonchev–Trinajstić information content (AvgIpc) is 2.88. The van der Waals surface area contributed by atoms with Gasteiger partial charge in [0.15, 0.2) is 0 Å². The van der Waals surface area contributed by atoms with E-state index in [1.54, 1.807) is 12.1 Å². The second-order valence-corrected chi connectivity index (χ2v) is 4.56. The topological polar surface area (TPSA) is 29.5 Å². The molecule has 0 spiro atoms. The number of aliphatic hydroxyl groups excluding tert-OH is 1. The third-order valence-corrected chi connectivity index (χ3v) is 3.16. The van der Waals surface area contributed by atoms with Crippen LogP contribution in [0.5, 0.6) is 5.75 Å². The van der Waals surface area contributed by atoms with Gasteiger partial charge in [-0.3, -0.25) is 0 Å². The Balaban J connectivity index is 1.80. The molecule has 0 radical (unpaired) electrons. The molecule has 2 nitrogen and oxygen atoms in total. The normalized spacial score (nSPS) is 14.9. The Kier molecular flexibility index (Phi) is 4.30. The van der Waals surface area contributed by atoms with Crippen LogP contribution in [0.25, 0.3) is 5.76 Å². The zero-order valence-electron chi connectivity index (χ0n) is 10.5. The van der Waals surface area contributed by atoms with E-state index in [0.717, 1.165) is 5.75 Å². The van der Waals surface area contributed by atoms with Gasteiger partial charge in [-0.25, -0.2) is 0 Å². The van der Waals surface area contributed by atoms with Crippen molar-refractivity contribution >= 4 is 5.76 Å². The minimum Gasteiger partial charge on any atom is -0.508 e. The molecule has 1 aromatic rings. The van der Waals surface area contributed by atoms with E-state index in [1.807, 2.05) is 12.1 Å². The molecule has 0 bridgehead atoms. The van der Waals surface area contributed by atoms with Crippen LogP contribution in [-0.2, 0) is 0 Å². The zero-order valence-corrected chi connectivity index (χ0v) is 10.5. The first-order valence-electron chi connectivity index (χ1n) is 6.35. The van der Waals surface area contributed by atoms with Gasteiger partial charge in [0.05, 0.1) is 0 Å². The molecule has 2 rings (SSSR count). The van der Waals surface area contributed by atoms with Gasteiger partial charge in [0.1, 0.15) is 18.1 Å². The number of ether oxygens (including phenoxy) is 1. The van der Waals surface area contributed by atoms with Crippen LogP contribution >= 0.6 is 0 Å². The van der Waals surface area contributed by atoms with Crippen molar-refractivity contribution < 1.29 is 9.84 Å². The second-order valence-electron chi connectivity index (χ2n) is 4.56.